The van der Waals surface area contributed by atoms with E-state index in [1.165, 1.54) is 0 Å². The SMILES string of the molecule is CCOC(=O)C1C(=S)NC(=O)C(C#N)C12CCCCC2. The van der Waals surface area contributed by atoms with Crippen molar-refractivity contribution in [3.63, 3.8) is 0 Å². The van der Waals surface area contributed by atoms with Gasteiger partial charge in [0, 0.05) is 5.41 Å². The first-order valence-corrected chi connectivity index (χ1v) is 7.38. The van der Waals surface area contributed by atoms with Gasteiger partial charge >= 0.3 is 5.97 Å². The molecule has 0 bridgehead atoms. The number of carbonyl (C=O) groups excluding carboxylic acids is 2. The quantitative estimate of drug-likeness (QED) is 0.619. The Bertz CT molecular complexity index is 477. The van der Waals surface area contributed by atoms with Crippen molar-refractivity contribution in [3.05, 3.63) is 0 Å². The number of ether oxygens (including phenoxy) is 1. The third kappa shape index (κ3) is 2.31. The van der Waals surface area contributed by atoms with E-state index in [0.717, 1.165) is 19.3 Å². The van der Waals surface area contributed by atoms with Crippen LogP contribution in [-0.4, -0.2) is 23.5 Å². The Labute approximate surface area is 123 Å². The van der Waals surface area contributed by atoms with Gasteiger partial charge in [-0.25, -0.2) is 0 Å². The van der Waals surface area contributed by atoms with E-state index in [4.69, 9.17) is 17.0 Å². The van der Waals surface area contributed by atoms with Crippen LogP contribution in [0.1, 0.15) is 39.0 Å². The first kappa shape index (κ1) is 14.9. The van der Waals surface area contributed by atoms with E-state index < -0.39 is 23.2 Å². The Balaban J connectivity index is 2.44. The van der Waals surface area contributed by atoms with Gasteiger partial charge in [0.05, 0.1) is 17.7 Å². The normalized spacial score (nSPS) is 28.6. The monoisotopic (exact) mass is 294 g/mol. The summed E-state index contributed by atoms with van der Waals surface area (Å²) in [6, 6.07) is 2.08. The smallest absolute Gasteiger partial charge is 0.316 e. The van der Waals surface area contributed by atoms with Crippen LogP contribution in [0.25, 0.3) is 0 Å². The van der Waals surface area contributed by atoms with Gasteiger partial charge in [-0.05, 0) is 19.8 Å². The molecule has 2 aliphatic rings. The molecule has 0 aromatic rings. The first-order chi connectivity index (χ1) is 9.56. The van der Waals surface area contributed by atoms with Gasteiger partial charge in [-0.15, -0.1) is 0 Å². The summed E-state index contributed by atoms with van der Waals surface area (Å²) in [6.07, 6.45) is 4.21. The van der Waals surface area contributed by atoms with Crippen LogP contribution in [0, 0.1) is 28.6 Å². The second kappa shape index (κ2) is 5.88. The minimum Gasteiger partial charge on any atom is -0.465 e. The zero-order valence-corrected chi connectivity index (χ0v) is 12.3. The number of thiocarbonyl (C=S) groups is 1. The van der Waals surface area contributed by atoms with E-state index in [0.29, 0.717) is 12.8 Å². The molecule has 108 valence electrons. The highest BCUT2D eigenvalue weighted by Gasteiger charge is 2.57. The molecule has 0 radical (unpaired) electrons. The van der Waals surface area contributed by atoms with Crippen LogP contribution in [-0.2, 0) is 14.3 Å². The summed E-state index contributed by atoms with van der Waals surface area (Å²) in [5.41, 5.74) is -0.682. The lowest BCUT2D eigenvalue weighted by Gasteiger charge is -2.47. The Morgan fingerprint density at radius 1 is 1.50 bits per heavy atom. The molecule has 1 aliphatic heterocycles. The van der Waals surface area contributed by atoms with E-state index in [1.807, 2.05) is 0 Å². The molecule has 6 heteroatoms. The van der Waals surface area contributed by atoms with E-state index in [9.17, 15) is 14.9 Å². The topological polar surface area (TPSA) is 79.2 Å². The summed E-state index contributed by atoms with van der Waals surface area (Å²) in [7, 11) is 0. The molecular weight excluding hydrogens is 276 g/mol. The fraction of sp³-hybridized carbons (Fsp3) is 0.714. The largest absolute Gasteiger partial charge is 0.465 e. The molecule has 2 unspecified atom stereocenters. The zero-order chi connectivity index (χ0) is 14.8. The molecule has 1 amide bonds. The lowest BCUT2D eigenvalue weighted by atomic mass is 9.57. The molecular formula is C14H18N2O3S. The number of esters is 1. The van der Waals surface area contributed by atoms with E-state index in [-0.39, 0.29) is 17.5 Å². The Morgan fingerprint density at radius 3 is 2.70 bits per heavy atom. The van der Waals surface area contributed by atoms with Crippen LogP contribution in [0.15, 0.2) is 0 Å². The maximum absolute atomic E-state index is 12.3. The number of hydrogen-bond donors (Lipinski definition) is 1. The number of carbonyl (C=O) groups is 2. The van der Waals surface area contributed by atoms with Crippen molar-refractivity contribution in [1.82, 2.24) is 5.32 Å². The second-order valence-corrected chi connectivity index (χ2v) is 5.83. The predicted molar refractivity (Wildman–Crippen MR) is 75.5 cm³/mol. The average molecular weight is 294 g/mol. The fourth-order valence-corrected chi connectivity index (χ4v) is 3.93. The van der Waals surface area contributed by atoms with Gasteiger partial charge < -0.3 is 10.1 Å². The number of rotatable bonds is 2. The molecule has 1 heterocycles. The van der Waals surface area contributed by atoms with Crippen LogP contribution in [0.2, 0.25) is 0 Å². The standard InChI is InChI=1S/C14H18N2O3S/c1-2-19-13(18)10-12(20)16-11(17)9(8-15)14(10)6-4-3-5-7-14/h9-10H,2-7H2,1H3,(H,16,17,20). The minimum absolute atomic E-state index is 0.210. The third-order valence-electron chi connectivity index (χ3n) is 4.36. The predicted octanol–water partition coefficient (Wildman–Crippen LogP) is 1.71. The van der Waals surface area contributed by atoms with Gasteiger partial charge in [0.15, 0.2) is 0 Å². The Hall–Kier alpha value is -1.48. The van der Waals surface area contributed by atoms with Crippen molar-refractivity contribution in [2.24, 2.45) is 17.3 Å². The summed E-state index contributed by atoms with van der Waals surface area (Å²) in [5, 5.41) is 11.9. The number of hydrogen-bond acceptors (Lipinski definition) is 5. The van der Waals surface area contributed by atoms with Crippen LogP contribution in [0.5, 0.6) is 0 Å². The molecule has 1 N–H and O–H groups in total. The molecule has 1 saturated carbocycles. The van der Waals surface area contributed by atoms with E-state index >= 15 is 0 Å². The number of nitrogens with zero attached hydrogens (tertiary/aromatic N) is 1. The molecule has 1 saturated heterocycles. The van der Waals surface area contributed by atoms with Gasteiger partial charge in [-0.2, -0.15) is 5.26 Å². The molecule has 0 aromatic heterocycles. The summed E-state index contributed by atoms with van der Waals surface area (Å²) < 4.78 is 5.12. The lowest BCUT2D eigenvalue weighted by molar-refractivity contribution is -0.154. The van der Waals surface area contributed by atoms with Crippen molar-refractivity contribution < 1.29 is 14.3 Å². The Morgan fingerprint density at radius 2 is 2.15 bits per heavy atom. The zero-order valence-electron chi connectivity index (χ0n) is 11.5. The number of piperidine rings is 1. The second-order valence-electron chi connectivity index (χ2n) is 5.39. The maximum atomic E-state index is 12.3. The average Bonchev–Trinajstić information content (AvgIpc) is 2.39. The number of amides is 1. The summed E-state index contributed by atoms with van der Waals surface area (Å²) >= 11 is 5.21. The summed E-state index contributed by atoms with van der Waals surface area (Å²) in [5.74, 6) is -2.30. The van der Waals surface area contributed by atoms with Crippen molar-refractivity contribution >= 4 is 29.1 Å². The van der Waals surface area contributed by atoms with Crippen LogP contribution in [0.3, 0.4) is 0 Å². The van der Waals surface area contributed by atoms with Crippen LogP contribution < -0.4 is 5.32 Å². The molecule has 20 heavy (non-hydrogen) atoms. The minimum atomic E-state index is -0.830. The van der Waals surface area contributed by atoms with Gasteiger partial charge in [-0.3, -0.25) is 9.59 Å². The van der Waals surface area contributed by atoms with Crippen molar-refractivity contribution in [1.29, 1.82) is 5.26 Å². The highest BCUT2D eigenvalue weighted by atomic mass is 32.1. The van der Waals surface area contributed by atoms with Crippen molar-refractivity contribution in [2.45, 2.75) is 39.0 Å². The molecule has 0 aromatic carbocycles. The first-order valence-electron chi connectivity index (χ1n) is 6.98. The van der Waals surface area contributed by atoms with Gasteiger partial charge in [0.2, 0.25) is 5.91 Å². The highest BCUT2D eigenvalue weighted by molar-refractivity contribution is 7.80. The Kier molecular flexibility index (Phi) is 4.39. The number of nitrogens with one attached hydrogen (secondary N) is 1. The summed E-state index contributed by atoms with van der Waals surface area (Å²) in [4.78, 5) is 24.6. The molecule has 1 spiro atoms. The van der Waals surface area contributed by atoms with Gasteiger partial charge in [0.1, 0.15) is 11.8 Å². The fourth-order valence-electron chi connectivity index (χ4n) is 3.50. The van der Waals surface area contributed by atoms with Crippen molar-refractivity contribution in [2.75, 3.05) is 6.61 Å². The molecule has 2 atom stereocenters. The van der Waals surface area contributed by atoms with Crippen molar-refractivity contribution in [3.8, 4) is 6.07 Å². The summed E-state index contributed by atoms with van der Waals surface area (Å²) in [6.45, 7) is 2.00. The van der Waals surface area contributed by atoms with Crippen LogP contribution in [0.4, 0.5) is 0 Å². The highest BCUT2D eigenvalue weighted by Crippen LogP contribution is 2.51. The molecule has 5 nitrogen and oxygen atoms in total. The van der Waals surface area contributed by atoms with Crippen LogP contribution >= 0.6 is 12.2 Å². The maximum Gasteiger partial charge on any atom is 0.316 e. The molecule has 2 fully saturated rings. The number of nitriles is 1. The van der Waals surface area contributed by atoms with Gasteiger partial charge in [-0.1, -0.05) is 31.5 Å². The van der Waals surface area contributed by atoms with Gasteiger partial charge in [0.25, 0.3) is 0 Å². The molecule has 2 rings (SSSR count). The lowest BCUT2D eigenvalue weighted by Crippen LogP contribution is -2.60. The van der Waals surface area contributed by atoms with E-state index in [1.54, 1.807) is 6.92 Å². The van der Waals surface area contributed by atoms with E-state index in [2.05, 4.69) is 11.4 Å². The molecule has 1 aliphatic carbocycles. The third-order valence-corrected chi connectivity index (χ3v) is 4.69.